The molecule has 0 aliphatic rings. The van der Waals surface area contributed by atoms with Gasteiger partial charge in [0.15, 0.2) is 0 Å². The second-order valence-corrected chi connectivity index (χ2v) is 15.3. The Hall–Kier alpha value is -5.70. The van der Waals surface area contributed by atoms with Crippen molar-refractivity contribution in [3.8, 4) is 0 Å². The monoisotopic (exact) mass is 821 g/mol. The van der Waals surface area contributed by atoms with Crippen LogP contribution in [0, 0.1) is 27.9 Å². The van der Waals surface area contributed by atoms with Crippen LogP contribution in [0.1, 0.15) is 79.7 Å². The summed E-state index contributed by atoms with van der Waals surface area (Å²) in [5.41, 5.74) is 11.2. The van der Waals surface area contributed by atoms with E-state index in [1.165, 1.54) is 24.3 Å². The summed E-state index contributed by atoms with van der Waals surface area (Å²) in [5.74, 6) is -7.82. The molecule has 58 heavy (non-hydrogen) atoms. The summed E-state index contributed by atoms with van der Waals surface area (Å²) < 4.78 is 0. The smallest absolute Gasteiger partial charge is 0.305 e. The van der Waals surface area contributed by atoms with E-state index < -0.39 is 113 Å². The van der Waals surface area contributed by atoms with Gasteiger partial charge in [0.25, 0.3) is 5.69 Å². The molecule has 21 nitrogen and oxygen atoms in total. The maximum Gasteiger partial charge on any atom is 0.305 e. The van der Waals surface area contributed by atoms with Crippen molar-refractivity contribution in [3.63, 3.8) is 0 Å². The number of non-ortho nitro benzene ring substituents is 1. The van der Waals surface area contributed by atoms with Gasteiger partial charge in [-0.2, -0.15) is 0 Å². The Kier molecular flexibility index (Phi) is 21.0. The lowest BCUT2D eigenvalue weighted by Crippen LogP contribution is -2.61. The number of benzene rings is 1. The molecule has 1 aromatic rings. The summed E-state index contributed by atoms with van der Waals surface area (Å²) in [7, 11) is 0. The summed E-state index contributed by atoms with van der Waals surface area (Å²) >= 11 is 0. The molecular formula is C37H59N9O12. The molecule has 0 aromatic heterocycles. The van der Waals surface area contributed by atoms with Crippen molar-refractivity contribution in [1.82, 2.24) is 31.9 Å². The molecule has 0 fully saturated rings. The average molecular weight is 822 g/mol. The van der Waals surface area contributed by atoms with Crippen LogP contribution in [-0.4, -0.2) is 111 Å². The zero-order valence-electron chi connectivity index (χ0n) is 33.9. The summed E-state index contributed by atoms with van der Waals surface area (Å²) in [6.45, 7) is 11.3. The van der Waals surface area contributed by atoms with Crippen molar-refractivity contribution >= 4 is 53.0 Å². The molecule has 12 N–H and O–H groups in total. The number of hydrogen-bond acceptors (Lipinski definition) is 12. The van der Waals surface area contributed by atoms with Crippen molar-refractivity contribution in [2.45, 2.75) is 123 Å². The van der Waals surface area contributed by atoms with Crippen molar-refractivity contribution in [2.75, 3.05) is 6.54 Å². The minimum Gasteiger partial charge on any atom is -0.481 e. The minimum atomic E-state index is -1.72. The fraction of sp³-hybridized carbons (Fsp3) is 0.622. The van der Waals surface area contributed by atoms with Gasteiger partial charge in [0.05, 0.1) is 30.0 Å². The number of nitro groups is 1. The van der Waals surface area contributed by atoms with E-state index in [-0.39, 0.29) is 30.4 Å². The Morgan fingerprint density at radius 3 is 1.74 bits per heavy atom. The van der Waals surface area contributed by atoms with Gasteiger partial charge in [-0.05, 0) is 49.5 Å². The molecule has 324 valence electrons. The van der Waals surface area contributed by atoms with Crippen LogP contribution in [0.2, 0.25) is 0 Å². The zero-order chi connectivity index (χ0) is 44.4. The van der Waals surface area contributed by atoms with E-state index in [0.717, 1.165) is 6.92 Å². The number of aliphatic hydroxyl groups excluding tert-OH is 1. The van der Waals surface area contributed by atoms with Crippen LogP contribution < -0.4 is 43.4 Å². The van der Waals surface area contributed by atoms with Gasteiger partial charge in [-0.25, -0.2) is 0 Å². The summed E-state index contributed by atoms with van der Waals surface area (Å²) in [6, 6.07) is -3.13. The summed E-state index contributed by atoms with van der Waals surface area (Å²) in [5, 5.41) is 45.2. The molecule has 0 aliphatic carbocycles. The van der Waals surface area contributed by atoms with Gasteiger partial charge >= 0.3 is 5.97 Å². The molecule has 1 aromatic carbocycles. The molecule has 7 atom stereocenters. The van der Waals surface area contributed by atoms with Gasteiger partial charge < -0.3 is 53.6 Å². The highest BCUT2D eigenvalue weighted by Crippen LogP contribution is 2.15. The Morgan fingerprint density at radius 1 is 0.707 bits per heavy atom. The van der Waals surface area contributed by atoms with Crippen molar-refractivity contribution in [3.05, 3.63) is 39.9 Å². The number of carboxylic acids is 1. The molecule has 0 bridgehead atoms. The first-order valence-corrected chi connectivity index (χ1v) is 18.9. The van der Waals surface area contributed by atoms with Crippen LogP contribution in [0.3, 0.4) is 0 Å². The van der Waals surface area contributed by atoms with Crippen molar-refractivity contribution in [2.24, 2.45) is 29.2 Å². The molecule has 0 aliphatic heterocycles. The van der Waals surface area contributed by atoms with Crippen LogP contribution in [0.25, 0.3) is 0 Å². The van der Waals surface area contributed by atoms with E-state index in [1.54, 1.807) is 13.8 Å². The van der Waals surface area contributed by atoms with Crippen LogP contribution in [-0.2, 0) is 44.8 Å². The SMILES string of the molecule is CC(C)CC[C@H](NC(=O)[C@H](CC(C)C)NC(=O)CNC(=O)[C@@H](NC(=O)[C@H](Cc1ccc([N+](=O)[O-])cc1)NC(=O)[C@@H](NC(=O)[C@@H](N)CC(=O)O)[C@@H](C)O)C(C)C)C(N)=O. The minimum absolute atomic E-state index is 0.0602. The number of carbonyl (C=O) groups is 8. The number of carbonyl (C=O) groups excluding carboxylic acids is 7. The topological polar surface area (TPSA) is 344 Å². The van der Waals surface area contributed by atoms with Crippen LogP contribution in [0.4, 0.5) is 5.69 Å². The zero-order valence-corrected chi connectivity index (χ0v) is 33.9. The lowest BCUT2D eigenvalue weighted by atomic mass is 10.00. The third-order valence-corrected chi connectivity index (χ3v) is 8.74. The van der Waals surface area contributed by atoms with Crippen LogP contribution in [0.5, 0.6) is 0 Å². The fourth-order valence-corrected chi connectivity index (χ4v) is 5.48. The van der Waals surface area contributed by atoms with Gasteiger partial charge in [0.1, 0.15) is 30.2 Å². The molecule has 1 rings (SSSR count). The highest BCUT2D eigenvalue weighted by atomic mass is 16.6. The second-order valence-electron chi connectivity index (χ2n) is 15.3. The number of nitrogens with two attached hydrogens (primary N) is 2. The highest BCUT2D eigenvalue weighted by Gasteiger charge is 2.34. The molecule has 0 spiro atoms. The van der Waals surface area contributed by atoms with Gasteiger partial charge in [-0.3, -0.25) is 48.5 Å². The number of carboxylic acid groups (broad SMARTS) is 1. The molecule has 0 saturated heterocycles. The van der Waals surface area contributed by atoms with Crippen LogP contribution in [0.15, 0.2) is 24.3 Å². The number of rotatable bonds is 25. The van der Waals surface area contributed by atoms with Crippen molar-refractivity contribution in [1.29, 1.82) is 0 Å². The molecular weight excluding hydrogens is 762 g/mol. The Bertz CT molecular complexity index is 1620. The number of aliphatic hydroxyl groups is 1. The number of aliphatic carboxylic acids is 1. The first-order valence-electron chi connectivity index (χ1n) is 18.9. The van der Waals surface area contributed by atoms with E-state index in [1.807, 2.05) is 27.7 Å². The number of hydrogen-bond donors (Lipinski definition) is 10. The van der Waals surface area contributed by atoms with Gasteiger partial charge in [0.2, 0.25) is 41.4 Å². The Morgan fingerprint density at radius 2 is 1.26 bits per heavy atom. The molecule has 7 amide bonds. The molecule has 0 unspecified atom stereocenters. The quantitative estimate of drug-likeness (QED) is 0.0396. The largest absolute Gasteiger partial charge is 0.481 e. The maximum atomic E-state index is 13.8. The standard InChI is InChI=1S/C37H59N9O12/c1-18(2)8-13-25(32(39)51)42-34(53)26(14-19(3)4)41-28(48)17-40-36(55)30(20(5)6)44-35(54)27(15-22-9-11-23(12-10-22)46(57)58)43-37(56)31(21(7)47)45-33(52)24(38)16-29(49)50/h9-12,18-21,24-27,30-31,47H,8,13-17,38H2,1-7H3,(H2,39,51)(H,40,55)(H,41,48)(H,42,53)(H,43,56)(H,44,54)(H,45,52)(H,49,50)/t21-,24+,25+,26+,27+,30+,31+/m1/s1. The van der Waals surface area contributed by atoms with E-state index in [0.29, 0.717) is 18.4 Å². The number of nitro benzene ring substituents is 1. The molecule has 0 saturated carbocycles. The number of amides is 7. The lowest BCUT2D eigenvalue weighted by Gasteiger charge is -2.28. The van der Waals surface area contributed by atoms with E-state index in [4.69, 9.17) is 16.6 Å². The lowest BCUT2D eigenvalue weighted by molar-refractivity contribution is -0.384. The summed E-state index contributed by atoms with van der Waals surface area (Å²) in [4.78, 5) is 113. The predicted octanol–water partition coefficient (Wildman–Crippen LogP) is -1.52. The van der Waals surface area contributed by atoms with Gasteiger partial charge in [-0.15, -0.1) is 0 Å². The van der Waals surface area contributed by atoms with Crippen molar-refractivity contribution < 1.29 is 53.5 Å². The first kappa shape index (κ1) is 50.3. The third kappa shape index (κ3) is 18.0. The molecule has 0 radical (unpaired) electrons. The maximum absolute atomic E-state index is 13.8. The van der Waals surface area contributed by atoms with E-state index in [9.17, 15) is 53.6 Å². The van der Waals surface area contributed by atoms with Gasteiger partial charge in [0, 0.05) is 18.6 Å². The first-order chi connectivity index (χ1) is 26.9. The third-order valence-electron chi connectivity index (χ3n) is 8.74. The number of nitrogens with zero attached hydrogens (tertiary/aromatic N) is 1. The number of nitrogens with one attached hydrogen (secondary N) is 6. The average Bonchev–Trinajstić information content (AvgIpc) is 3.11. The van der Waals surface area contributed by atoms with Crippen LogP contribution >= 0.6 is 0 Å². The predicted molar refractivity (Wildman–Crippen MR) is 209 cm³/mol. The highest BCUT2D eigenvalue weighted by molar-refractivity contribution is 5.97. The van der Waals surface area contributed by atoms with E-state index >= 15 is 0 Å². The Balaban J connectivity index is 3.23. The Labute approximate surface area is 336 Å². The summed E-state index contributed by atoms with van der Waals surface area (Å²) in [6.07, 6.45) is -1.52. The second kappa shape index (κ2) is 24.2. The van der Waals surface area contributed by atoms with Gasteiger partial charge in [-0.1, -0.05) is 53.7 Å². The van der Waals surface area contributed by atoms with E-state index in [2.05, 4.69) is 31.9 Å². The molecule has 21 heteroatoms. The normalized spacial score (nSPS) is 14.8. The molecule has 0 heterocycles. The fourth-order valence-electron chi connectivity index (χ4n) is 5.48. The number of primary amides is 1.